The summed E-state index contributed by atoms with van der Waals surface area (Å²) >= 11 is 3.24. The fourth-order valence-corrected chi connectivity index (χ4v) is 4.93. The second-order valence-corrected chi connectivity index (χ2v) is 9.09. The Morgan fingerprint density at radius 2 is 1.96 bits per heavy atom. The molecule has 0 spiro atoms. The van der Waals surface area contributed by atoms with Crippen molar-refractivity contribution in [3.05, 3.63) is 52.3 Å². The van der Waals surface area contributed by atoms with Crippen LogP contribution in [0.4, 0.5) is 10.1 Å². The van der Waals surface area contributed by atoms with Gasteiger partial charge in [0.15, 0.2) is 6.61 Å². The number of anilines is 1. The van der Waals surface area contributed by atoms with Gasteiger partial charge in [-0.1, -0.05) is 12.1 Å². The van der Waals surface area contributed by atoms with Gasteiger partial charge in [0.05, 0.1) is 10.6 Å². The normalized spacial score (nSPS) is 15.0. The smallest absolute Gasteiger partial charge is 0.262 e. The zero-order valence-corrected chi connectivity index (χ0v) is 17.6. The Hall–Kier alpha value is -2.01. The number of amides is 1. The number of benzene rings is 2. The van der Waals surface area contributed by atoms with E-state index >= 15 is 0 Å². The molecule has 0 saturated carbocycles. The fourth-order valence-electron chi connectivity index (χ4n) is 2.84. The predicted molar refractivity (Wildman–Crippen MR) is 106 cm³/mol. The van der Waals surface area contributed by atoms with Crippen molar-refractivity contribution in [1.29, 1.82) is 0 Å². The van der Waals surface area contributed by atoms with E-state index in [2.05, 4.69) is 26.0 Å². The van der Waals surface area contributed by atoms with Gasteiger partial charge in [-0.15, -0.1) is 0 Å². The van der Waals surface area contributed by atoms with Crippen LogP contribution in [0.2, 0.25) is 0 Å². The topological polar surface area (TPSA) is 87.7 Å². The minimum absolute atomic E-state index is 0.000916. The summed E-state index contributed by atoms with van der Waals surface area (Å²) in [6, 6.07) is 8.49. The van der Waals surface area contributed by atoms with Gasteiger partial charge in [-0.3, -0.25) is 4.79 Å². The highest BCUT2D eigenvalue weighted by Crippen LogP contribution is 2.35. The molecule has 0 bridgehead atoms. The molecule has 1 aliphatic rings. The molecule has 1 atom stereocenters. The molecule has 10 heteroatoms. The van der Waals surface area contributed by atoms with Gasteiger partial charge in [-0.2, -0.15) is 0 Å². The van der Waals surface area contributed by atoms with Crippen LogP contribution < -0.4 is 14.8 Å². The Morgan fingerprint density at radius 3 is 2.61 bits per heavy atom. The van der Waals surface area contributed by atoms with Gasteiger partial charge in [0.2, 0.25) is 10.0 Å². The van der Waals surface area contributed by atoms with E-state index in [1.807, 2.05) is 19.0 Å². The minimum Gasteiger partial charge on any atom is -0.482 e. The predicted octanol–water partition coefficient (Wildman–Crippen LogP) is 2.50. The number of carbonyl (C=O) groups is 1. The van der Waals surface area contributed by atoms with Crippen molar-refractivity contribution < 1.29 is 22.3 Å². The van der Waals surface area contributed by atoms with Crippen LogP contribution >= 0.6 is 15.9 Å². The summed E-state index contributed by atoms with van der Waals surface area (Å²) in [5.41, 5.74) is 1.18. The van der Waals surface area contributed by atoms with E-state index in [1.165, 1.54) is 24.3 Å². The van der Waals surface area contributed by atoms with E-state index in [1.54, 1.807) is 12.1 Å². The third-order valence-electron chi connectivity index (χ3n) is 4.30. The van der Waals surface area contributed by atoms with Gasteiger partial charge in [0.1, 0.15) is 11.6 Å². The average molecular weight is 472 g/mol. The molecule has 0 unspecified atom stereocenters. The van der Waals surface area contributed by atoms with Crippen molar-refractivity contribution in [1.82, 2.24) is 9.62 Å². The quantitative estimate of drug-likeness (QED) is 0.675. The van der Waals surface area contributed by atoms with Gasteiger partial charge < -0.3 is 15.0 Å². The molecule has 3 rings (SSSR count). The summed E-state index contributed by atoms with van der Waals surface area (Å²) in [6.07, 6.45) is 0. The van der Waals surface area contributed by atoms with Crippen LogP contribution in [0.25, 0.3) is 0 Å². The highest BCUT2D eigenvalue weighted by molar-refractivity contribution is 9.10. The van der Waals surface area contributed by atoms with Crippen molar-refractivity contribution in [2.24, 2.45) is 0 Å². The number of carbonyl (C=O) groups excluding carboxylic acids is 1. The van der Waals surface area contributed by atoms with E-state index in [0.717, 1.165) is 5.56 Å². The average Bonchev–Trinajstić information content (AvgIpc) is 2.62. The number of halogens is 2. The molecule has 2 aromatic carbocycles. The van der Waals surface area contributed by atoms with E-state index in [0.29, 0.717) is 10.2 Å². The number of fused-ring (bicyclic) bond motifs is 1. The lowest BCUT2D eigenvalue weighted by atomic mass is 10.1. The first kappa shape index (κ1) is 20.7. The molecule has 0 radical (unpaired) electrons. The van der Waals surface area contributed by atoms with Crippen LogP contribution in [0, 0.1) is 5.82 Å². The lowest BCUT2D eigenvalue weighted by molar-refractivity contribution is -0.118. The van der Waals surface area contributed by atoms with Crippen LogP contribution in [-0.2, 0) is 14.8 Å². The Balaban J connectivity index is 1.83. The maximum absolute atomic E-state index is 13.2. The van der Waals surface area contributed by atoms with E-state index in [-0.39, 0.29) is 41.6 Å². The molecule has 7 nitrogen and oxygen atoms in total. The molecule has 28 heavy (non-hydrogen) atoms. The second kappa shape index (κ2) is 8.16. The number of sulfonamides is 1. The Morgan fingerprint density at radius 1 is 1.29 bits per heavy atom. The third-order valence-corrected chi connectivity index (χ3v) is 6.68. The van der Waals surface area contributed by atoms with Crippen LogP contribution in [0.15, 0.2) is 45.8 Å². The van der Waals surface area contributed by atoms with Crippen molar-refractivity contribution in [2.75, 3.05) is 32.6 Å². The third kappa shape index (κ3) is 4.52. The fraction of sp³-hybridized carbons (Fsp3) is 0.278. The number of nitrogens with zero attached hydrogens (tertiary/aromatic N) is 1. The summed E-state index contributed by atoms with van der Waals surface area (Å²) in [7, 11) is -0.247. The van der Waals surface area contributed by atoms with Gasteiger partial charge in [0, 0.05) is 23.1 Å². The molecule has 2 N–H and O–H groups in total. The summed E-state index contributed by atoms with van der Waals surface area (Å²) in [6.45, 7) is -0.0864. The Bertz CT molecular complexity index is 997. The molecular formula is C18H19BrFN3O4S. The maximum Gasteiger partial charge on any atom is 0.262 e. The summed E-state index contributed by atoms with van der Waals surface area (Å²) in [5, 5.41) is 2.62. The molecule has 0 aliphatic carbocycles. The van der Waals surface area contributed by atoms with E-state index in [4.69, 9.17) is 4.74 Å². The zero-order valence-electron chi connectivity index (χ0n) is 15.2. The monoisotopic (exact) mass is 471 g/mol. The second-order valence-electron chi connectivity index (χ2n) is 6.50. The number of nitrogens with one attached hydrogen (secondary N) is 2. The van der Waals surface area contributed by atoms with Gasteiger partial charge >= 0.3 is 0 Å². The molecule has 1 heterocycles. The highest BCUT2D eigenvalue weighted by Gasteiger charge is 2.25. The number of likely N-dealkylation sites (N-methyl/N-ethyl adjacent to an activating group) is 1. The maximum atomic E-state index is 13.2. The van der Waals surface area contributed by atoms with E-state index in [9.17, 15) is 17.6 Å². The molecule has 1 aliphatic heterocycles. The molecule has 0 aromatic heterocycles. The van der Waals surface area contributed by atoms with Gasteiger partial charge in [0.25, 0.3) is 5.91 Å². The molecule has 0 fully saturated rings. The number of rotatable bonds is 6. The van der Waals surface area contributed by atoms with Crippen LogP contribution in [0.5, 0.6) is 5.75 Å². The Labute approximate surface area is 171 Å². The molecular weight excluding hydrogens is 453 g/mol. The number of ether oxygens (including phenoxy) is 1. The lowest BCUT2D eigenvalue weighted by Crippen LogP contribution is -2.35. The largest absolute Gasteiger partial charge is 0.482 e. The SMILES string of the molecule is CN(C)[C@H](CNS(=O)(=O)c1cc2c(cc1Br)NC(=O)CO2)c1ccc(F)cc1. The minimum atomic E-state index is -3.87. The van der Waals surface area contributed by atoms with Gasteiger partial charge in [-0.25, -0.2) is 17.5 Å². The van der Waals surface area contributed by atoms with Crippen molar-refractivity contribution in [2.45, 2.75) is 10.9 Å². The first-order valence-corrected chi connectivity index (χ1v) is 10.6. The number of hydrogen-bond acceptors (Lipinski definition) is 5. The first-order valence-electron chi connectivity index (χ1n) is 8.35. The lowest BCUT2D eigenvalue weighted by Gasteiger charge is -2.25. The molecule has 0 saturated heterocycles. The van der Waals surface area contributed by atoms with Gasteiger partial charge in [-0.05, 0) is 53.8 Å². The molecule has 150 valence electrons. The molecule has 2 aromatic rings. The summed E-state index contributed by atoms with van der Waals surface area (Å²) in [4.78, 5) is 13.2. The summed E-state index contributed by atoms with van der Waals surface area (Å²) < 4.78 is 47.1. The summed E-state index contributed by atoms with van der Waals surface area (Å²) in [5.74, 6) is -0.376. The highest BCUT2D eigenvalue weighted by atomic mass is 79.9. The zero-order chi connectivity index (χ0) is 20.5. The van der Waals surface area contributed by atoms with Crippen LogP contribution in [0.1, 0.15) is 11.6 Å². The molecule has 1 amide bonds. The van der Waals surface area contributed by atoms with Crippen LogP contribution in [0.3, 0.4) is 0 Å². The first-order chi connectivity index (χ1) is 13.2. The standard InChI is InChI=1S/C18H19BrFN3O4S/c1-23(2)15(11-3-5-12(20)6-4-11)9-21-28(25,26)17-8-16-14(7-13(17)19)22-18(24)10-27-16/h3-8,15,21H,9-10H2,1-2H3,(H,22,24)/t15-/m1/s1. The van der Waals surface area contributed by atoms with Crippen molar-refractivity contribution in [3.63, 3.8) is 0 Å². The van der Waals surface area contributed by atoms with Crippen molar-refractivity contribution >= 4 is 37.5 Å². The number of hydrogen-bond donors (Lipinski definition) is 2. The van der Waals surface area contributed by atoms with Crippen LogP contribution in [-0.4, -0.2) is 46.5 Å². The van der Waals surface area contributed by atoms with E-state index < -0.39 is 10.0 Å². The Kier molecular flexibility index (Phi) is 6.04. The van der Waals surface area contributed by atoms with Crippen molar-refractivity contribution in [3.8, 4) is 5.75 Å².